The van der Waals surface area contributed by atoms with E-state index in [0.717, 1.165) is 6.54 Å². The van der Waals surface area contributed by atoms with Crippen molar-refractivity contribution in [2.75, 3.05) is 0 Å². The van der Waals surface area contributed by atoms with Gasteiger partial charge in [-0.15, -0.1) is 0 Å². The second kappa shape index (κ2) is 3.22. The van der Waals surface area contributed by atoms with Crippen molar-refractivity contribution in [2.45, 2.75) is 13.5 Å². The molecule has 0 aliphatic heterocycles. The highest BCUT2D eigenvalue weighted by Crippen LogP contribution is 1.79. The lowest BCUT2D eigenvalue weighted by atomic mass is 10.7. The Kier molecular flexibility index (Phi) is 2.91. The molecule has 0 aromatic carbocycles. The van der Waals surface area contributed by atoms with Crippen molar-refractivity contribution >= 4 is 0 Å². The van der Waals surface area contributed by atoms with Gasteiger partial charge in [0.25, 0.3) is 0 Å². The number of imidazole rings is 1. The van der Waals surface area contributed by atoms with Crippen LogP contribution in [0, 0.1) is 0 Å². The van der Waals surface area contributed by atoms with Gasteiger partial charge in [0.2, 0.25) is 6.33 Å². The van der Waals surface area contributed by atoms with E-state index in [0.29, 0.717) is 0 Å². The van der Waals surface area contributed by atoms with Crippen LogP contribution in [0.5, 0.6) is 0 Å². The van der Waals surface area contributed by atoms with E-state index in [1.54, 1.807) is 0 Å². The van der Waals surface area contributed by atoms with Gasteiger partial charge >= 0.3 is 0 Å². The molecule has 3 heteroatoms. The van der Waals surface area contributed by atoms with E-state index in [1.807, 2.05) is 17.8 Å². The first kappa shape index (κ1) is 8.14. The van der Waals surface area contributed by atoms with E-state index in [-0.39, 0.29) is 4.70 Å². The van der Waals surface area contributed by atoms with Crippen molar-refractivity contribution < 1.29 is 9.27 Å². The molecule has 0 N–H and O–H groups in total. The van der Waals surface area contributed by atoms with Crippen LogP contribution in [-0.2, 0) is 13.6 Å². The normalized spacial score (nSPS) is 8.67. The topological polar surface area (TPSA) is 8.81 Å². The van der Waals surface area contributed by atoms with Gasteiger partial charge in [-0.05, 0) is 6.92 Å². The largest absolute Gasteiger partial charge is 1.00 e. The summed E-state index contributed by atoms with van der Waals surface area (Å²) in [6.45, 7) is 3.18. The predicted octanol–water partition coefficient (Wildman–Crippen LogP) is -2.66. The van der Waals surface area contributed by atoms with Crippen LogP contribution in [0.4, 0.5) is 0 Å². The van der Waals surface area contributed by atoms with Crippen molar-refractivity contribution in [1.82, 2.24) is 4.57 Å². The third kappa shape index (κ3) is 1.83. The van der Waals surface area contributed by atoms with Crippen LogP contribution in [0.3, 0.4) is 0 Å². The van der Waals surface area contributed by atoms with Crippen LogP contribution in [-0.4, -0.2) is 4.57 Å². The summed E-state index contributed by atoms with van der Waals surface area (Å²) in [7, 11) is 2.02. The Morgan fingerprint density at radius 2 is 2.22 bits per heavy atom. The summed E-state index contributed by atoms with van der Waals surface area (Å²) in [6, 6.07) is 0. The average molecular weight is 130 g/mol. The lowest BCUT2D eigenvalue weighted by Gasteiger charge is -1.81. The molecule has 0 aliphatic rings. The van der Waals surface area contributed by atoms with Crippen molar-refractivity contribution in [3.63, 3.8) is 0 Å². The average Bonchev–Trinajstić information content (AvgIpc) is 2.14. The van der Waals surface area contributed by atoms with Crippen LogP contribution < -0.4 is 9.27 Å². The van der Waals surface area contributed by atoms with Gasteiger partial charge < -0.3 is 4.70 Å². The highest BCUT2D eigenvalue weighted by molar-refractivity contribution is 4.63. The van der Waals surface area contributed by atoms with Gasteiger partial charge in [0.05, 0.1) is 13.6 Å². The molecule has 0 spiro atoms. The van der Waals surface area contributed by atoms with Gasteiger partial charge in [0.1, 0.15) is 12.4 Å². The van der Waals surface area contributed by atoms with E-state index in [1.165, 1.54) is 0 Å². The number of aryl methyl sites for hydroxylation is 2. The summed E-state index contributed by atoms with van der Waals surface area (Å²) in [5.74, 6) is 0. The molecule has 0 saturated carbocycles. The van der Waals surface area contributed by atoms with E-state index >= 15 is 0 Å². The number of hydrogen-bond donors (Lipinski definition) is 0. The minimum Gasteiger partial charge on any atom is -1.00 e. The zero-order valence-corrected chi connectivity index (χ0v) is 5.71. The Morgan fingerprint density at radius 3 is 2.44 bits per heavy atom. The number of nitrogens with zero attached hydrogens (tertiary/aromatic N) is 2. The zero-order valence-electron chi connectivity index (χ0n) is 5.71. The van der Waals surface area contributed by atoms with Gasteiger partial charge in [-0.1, -0.05) is 0 Å². The lowest BCUT2D eigenvalue weighted by Crippen LogP contribution is -3.00. The van der Waals surface area contributed by atoms with Crippen LogP contribution in [0.2, 0.25) is 0 Å². The van der Waals surface area contributed by atoms with E-state index in [2.05, 4.69) is 24.0 Å². The SMILES string of the molecule is CCn1cc[n+](C)c1.[F-]. The summed E-state index contributed by atoms with van der Waals surface area (Å²) in [5.41, 5.74) is 0. The first-order valence-corrected chi connectivity index (χ1v) is 2.84. The van der Waals surface area contributed by atoms with Crippen LogP contribution >= 0.6 is 0 Å². The molecule has 0 atom stereocenters. The standard InChI is InChI=1S/C6H11N2.FH/c1-3-8-5-4-7(2)6-8;/h4-6H,3H2,1-2H3;1H/q+1;/p-1. The molecule has 1 rings (SSSR count). The summed E-state index contributed by atoms with van der Waals surface area (Å²) >= 11 is 0. The molecule has 0 amide bonds. The first-order valence-electron chi connectivity index (χ1n) is 2.84. The smallest absolute Gasteiger partial charge is 0.243 e. The zero-order chi connectivity index (χ0) is 5.98. The fraction of sp³-hybridized carbons (Fsp3) is 0.500. The molecule has 52 valence electrons. The fourth-order valence-electron chi connectivity index (χ4n) is 0.689. The molecule has 0 saturated heterocycles. The second-order valence-electron chi connectivity index (χ2n) is 1.91. The maximum absolute atomic E-state index is 2.12. The monoisotopic (exact) mass is 130 g/mol. The molecule has 1 heterocycles. The second-order valence-corrected chi connectivity index (χ2v) is 1.91. The van der Waals surface area contributed by atoms with Crippen LogP contribution in [0.1, 0.15) is 6.92 Å². The molecule has 1 aromatic rings. The molecule has 0 fully saturated rings. The van der Waals surface area contributed by atoms with E-state index in [4.69, 9.17) is 0 Å². The maximum Gasteiger partial charge on any atom is 0.243 e. The molecule has 2 nitrogen and oxygen atoms in total. The quantitative estimate of drug-likeness (QED) is 0.367. The Morgan fingerprint density at radius 1 is 1.56 bits per heavy atom. The van der Waals surface area contributed by atoms with Crippen molar-refractivity contribution in [3.8, 4) is 0 Å². The first-order chi connectivity index (χ1) is 3.83. The van der Waals surface area contributed by atoms with Gasteiger partial charge in [-0.3, -0.25) is 0 Å². The van der Waals surface area contributed by atoms with E-state index in [9.17, 15) is 0 Å². The predicted molar refractivity (Wildman–Crippen MR) is 31.3 cm³/mol. The lowest BCUT2D eigenvalue weighted by molar-refractivity contribution is -0.671. The Balaban J connectivity index is 0.000000640. The molecule has 0 aliphatic carbocycles. The van der Waals surface area contributed by atoms with Gasteiger partial charge in [-0.2, -0.15) is 0 Å². The van der Waals surface area contributed by atoms with Gasteiger partial charge in [0.15, 0.2) is 0 Å². The van der Waals surface area contributed by atoms with Crippen LogP contribution in [0.15, 0.2) is 18.7 Å². The number of halogens is 1. The Labute approximate surface area is 54.1 Å². The maximum atomic E-state index is 2.12. The third-order valence-corrected chi connectivity index (χ3v) is 1.19. The molecule has 1 aromatic heterocycles. The van der Waals surface area contributed by atoms with Crippen molar-refractivity contribution in [1.29, 1.82) is 0 Å². The number of aromatic nitrogens is 2. The van der Waals surface area contributed by atoms with Crippen LogP contribution in [0.25, 0.3) is 0 Å². The van der Waals surface area contributed by atoms with Crippen molar-refractivity contribution in [3.05, 3.63) is 18.7 Å². The summed E-state index contributed by atoms with van der Waals surface area (Å²) in [6.07, 6.45) is 6.14. The molecule has 9 heavy (non-hydrogen) atoms. The molecular formula is C6H11FN2. The summed E-state index contributed by atoms with van der Waals surface area (Å²) < 4.78 is 4.16. The summed E-state index contributed by atoms with van der Waals surface area (Å²) in [4.78, 5) is 0. The molecule has 0 radical (unpaired) electrons. The minimum absolute atomic E-state index is 0. The Bertz CT molecular complexity index is 171. The molecule has 0 unspecified atom stereocenters. The molecular weight excluding hydrogens is 119 g/mol. The highest BCUT2D eigenvalue weighted by atomic mass is 19.0. The van der Waals surface area contributed by atoms with Gasteiger partial charge in [0, 0.05) is 0 Å². The number of rotatable bonds is 1. The Hall–Kier alpha value is -0.860. The summed E-state index contributed by atoms with van der Waals surface area (Å²) in [5, 5.41) is 0. The third-order valence-electron chi connectivity index (χ3n) is 1.19. The minimum atomic E-state index is 0. The molecule has 0 bridgehead atoms. The fourth-order valence-corrected chi connectivity index (χ4v) is 0.689. The number of hydrogen-bond acceptors (Lipinski definition) is 0. The van der Waals surface area contributed by atoms with E-state index < -0.39 is 0 Å². The highest BCUT2D eigenvalue weighted by Gasteiger charge is 1.92. The van der Waals surface area contributed by atoms with Gasteiger partial charge in [-0.25, -0.2) is 9.13 Å². The van der Waals surface area contributed by atoms with Crippen molar-refractivity contribution in [2.24, 2.45) is 7.05 Å².